The van der Waals surface area contributed by atoms with E-state index in [1.807, 2.05) is 35.7 Å². The maximum Gasteiger partial charge on any atom is 0.312 e. The Kier molecular flexibility index (Phi) is 6.27. The molecule has 5 N–H and O–H groups in total. The third kappa shape index (κ3) is 4.24. The van der Waals surface area contributed by atoms with Crippen LogP contribution in [0.3, 0.4) is 0 Å². The lowest BCUT2D eigenvalue weighted by Gasteiger charge is -2.31. The smallest absolute Gasteiger partial charge is 0.312 e. The maximum atomic E-state index is 12.9. The Bertz CT molecular complexity index is 751. The molecule has 0 saturated heterocycles. The lowest BCUT2D eigenvalue weighted by atomic mass is 9.99. The first-order valence-electron chi connectivity index (χ1n) is 7.83. The number of urea groups is 1. The number of carbonyl (C=O) groups is 2. The van der Waals surface area contributed by atoms with Gasteiger partial charge in [-0.2, -0.15) is 0 Å². The van der Waals surface area contributed by atoms with E-state index in [4.69, 9.17) is 11.5 Å². The third-order valence-corrected chi connectivity index (χ3v) is 5.16. The highest BCUT2D eigenvalue weighted by atomic mass is 35.5. The highest BCUT2D eigenvalue weighted by molar-refractivity contribution is 7.10. The van der Waals surface area contributed by atoms with Crippen molar-refractivity contribution in [3.8, 4) is 0 Å². The van der Waals surface area contributed by atoms with Crippen LogP contribution in [0.5, 0.6) is 0 Å². The molecule has 3 rings (SSSR count). The normalized spacial score (nSPS) is 14.2. The van der Waals surface area contributed by atoms with Crippen LogP contribution < -0.4 is 21.7 Å². The minimum atomic E-state index is -0.635. The monoisotopic (exact) mass is 380 g/mol. The van der Waals surface area contributed by atoms with E-state index in [1.165, 1.54) is 11.3 Å². The molecule has 0 radical (unpaired) electrons. The largest absolute Gasteiger partial charge is 0.398 e. The Morgan fingerprint density at radius 2 is 2.08 bits per heavy atom. The topological polar surface area (TPSA) is 101 Å². The fourth-order valence-corrected chi connectivity index (χ4v) is 3.86. The number of rotatable bonds is 4. The van der Waals surface area contributed by atoms with Crippen LogP contribution in [-0.2, 0) is 11.2 Å². The van der Waals surface area contributed by atoms with Crippen molar-refractivity contribution in [2.45, 2.75) is 25.3 Å². The molecular weight excluding hydrogens is 360 g/mol. The number of hydrogen-bond donors (Lipinski definition) is 3. The molecule has 0 bridgehead atoms. The Labute approximate surface area is 156 Å². The SMILES string of the molecule is Cl.NC(=O)NC(CC(=O)N1CCCc2c(N)cccc21)c1cccs1. The molecule has 134 valence electrons. The lowest BCUT2D eigenvalue weighted by molar-refractivity contribution is -0.119. The molecule has 3 amide bonds. The van der Waals surface area contributed by atoms with Crippen LogP contribution in [0.4, 0.5) is 16.2 Å². The number of carbonyl (C=O) groups excluding carboxylic acids is 2. The molecule has 1 aliphatic rings. The number of halogens is 1. The summed E-state index contributed by atoms with van der Waals surface area (Å²) in [5.41, 5.74) is 13.9. The van der Waals surface area contributed by atoms with Crippen LogP contribution in [0.1, 0.15) is 29.3 Å². The summed E-state index contributed by atoms with van der Waals surface area (Å²) >= 11 is 1.49. The second-order valence-electron chi connectivity index (χ2n) is 5.77. The van der Waals surface area contributed by atoms with Crippen LogP contribution in [0.15, 0.2) is 35.7 Å². The van der Waals surface area contributed by atoms with Crippen LogP contribution in [-0.4, -0.2) is 18.5 Å². The fourth-order valence-electron chi connectivity index (χ4n) is 3.08. The molecule has 6 nitrogen and oxygen atoms in total. The number of anilines is 2. The summed E-state index contributed by atoms with van der Waals surface area (Å²) in [6, 6.07) is 8.36. The van der Waals surface area contributed by atoms with E-state index in [0.717, 1.165) is 34.7 Å². The van der Waals surface area contributed by atoms with E-state index in [9.17, 15) is 9.59 Å². The van der Waals surface area contributed by atoms with Crippen molar-refractivity contribution >= 4 is 47.1 Å². The Morgan fingerprint density at radius 1 is 1.28 bits per heavy atom. The zero-order chi connectivity index (χ0) is 17.1. The fraction of sp³-hybridized carbons (Fsp3) is 0.294. The number of amides is 3. The number of nitrogens with one attached hydrogen (secondary N) is 1. The van der Waals surface area contributed by atoms with Crippen molar-refractivity contribution in [2.75, 3.05) is 17.2 Å². The molecule has 1 atom stereocenters. The van der Waals surface area contributed by atoms with Gasteiger partial charge in [0.25, 0.3) is 0 Å². The first-order valence-corrected chi connectivity index (χ1v) is 8.71. The average molecular weight is 381 g/mol. The van der Waals surface area contributed by atoms with Crippen molar-refractivity contribution in [2.24, 2.45) is 5.73 Å². The predicted octanol–water partition coefficient (Wildman–Crippen LogP) is 2.83. The highest BCUT2D eigenvalue weighted by Crippen LogP contribution is 2.33. The number of nitrogens with zero attached hydrogens (tertiary/aromatic N) is 1. The Balaban J connectivity index is 0.00000225. The van der Waals surface area contributed by atoms with Crippen LogP contribution in [0.25, 0.3) is 0 Å². The van der Waals surface area contributed by atoms with E-state index in [0.29, 0.717) is 6.54 Å². The second-order valence-corrected chi connectivity index (χ2v) is 6.75. The van der Waals surface area contributed by atoms with E-state index in [-0.39, 0.29) is 24.7 Å². The van der Waals surface area contributed by atoms with E-state index in [1.54, 1.807) is 4.90 Å². The predicted molar refractivity (Wildman–Crippen MR) is 103 cm³/mol. The number of benzene rings is 1. The number of thiophene rings is 1. The van der Waals surface area contributed by atoms with E-state index in [2.05, 4.69) is 5.32 Å². The van der Waals surface area contributed by atoms with Gasteiger partial charge in [-0.3, -0.25) is 4.79 Å². The van der Waals surface area contributed by atoms with Crippen molar-refractivity contribution in [3.05, 3.63) is 46.2 Å². The minimum Gasteiger partial charge on any atom is -0.398 e. The number of hydrogen-bond acceptors (Lipinski definition) is 4. The van der Waals surface area contributed by atoms with Gasteiger partial charge in [-0.05, 0) is 42.0 Å². The molecule has 1 aliphatic heterocycles. The minimum absolute atomic E-state index is 0. The molecule has 2 heterocycles. The lowest BCUT2D eigenvalue weighted by Crippen LogP contribution is -2.40. The van der Waals surface area contributed by atoms with Crippen molar-refractivity contribution in [1.29, 1.82) is 0 Å². The molecule has 0 aliphatic carbocycles. The summed E-state index contributed by atoms with van der Waals surface area (Å²) in [6.07, 6.45) is 1.91. The van der Waals surface area contributed by atoms with Gasteiger partial charge >= 0.3 is 6.03 Å². The molecule has 0 saturated carbocycles. The standard InChI is InChI=1S/C17H20N4O2S.ClH/c18-12-5-1-6-14-11(12)4-2-8-21(14)16(22)10-13(20-17(19)23)15-7-3-9-24-15;/h1,3,5-7,9,13H,2,4,8,10,18H2,(H3,19,20,23);1H. The molecule has 1 unspecified atom stereocenters. The van der Waals surface area contributed by atoms with Gasteiger partial charge in [-0.1, -0.05) is 12.1 Å². The summed E-state index contributed by atoms with van der Waals surface area (Å²) in [4.78, 5) is 26.8. The van der Waals surface area contributed by atoms with Gasteiger partial charge in [0.2, 0.25) is 5.91 Å². The van der Waals surface area contributed by atoms with Gasteiger partial charge in [-0.25, -0.2) is 4.79 Å². The van der Waals surface area contributed by atoms with Gasteiger partial charge in [0.1, 0.15) is 0 Å². The van der Waals surface area contributed by atoms with Gasteiger partial charge in [0.15, 0.2) is 0 Å². The Hall–Kier alpha value is -2.25. The highest BCUT2D eigenvalue weighted by Gasteiger charge is 2.27. The molecule has 1 aromatic carbocycles. The summed E-state index contributed by atoms with van der Waals surface area (Å²) in [5.74, 6) is -0.0475. The number of primary amides is 1. The molecule has 0 spiro atoms. The van der Waals surface area contributed by atoms with Crippen molar-refractivity contribution in [3.63, 3.8) is 0 Å². The number of nitrogen functional groups attached to an aromatic ring is 1. The quantitative estimate of drug-likeness (QED) is 0.710. The zero-order valence-electron chi connectivity index (χ0n) is 13.6. The van der Waals surface area contributed by atoms with E-state index < -0.39 is 12.1 Å². The molecule has 8 heteroatoms. The second kappa shape index (κ2) is 8.22. The van der Waals surface area contributed by atoms with Crippen LogP contribution in [0, 0.1) is 0 Å². The Morgan fingerprint density at radius 3 is 2.76 bits per heavy atom. The summed E-state index contributed by atoms with van der Waals surface area (Å²) in [7, 11) is 0. The van der Waals surface area contributed by atoms with Crippen molar-refractivity contribution < 1.29 is 9.59 Å². The summed E-state index contributed by atoms with van der Waals surface area (Å²) < 4.78 is 0. The summed E-state index contributed by atoms with van der Waals surface area (Å²) in [5, 5.41) is 4.57. The van der Waals surface area contributed by atoms with Gasteiger partial charge in [0, 0.05) is 22.8 Å². The van der Waals surface area contributed by atoms with Gasteiger partial charge < -0.3 is 21.7 Å². The molecule has 1 aromatic heterocycles. The van der Waals surface area contributed by atoms with Gasteiger partial charge in [-0.15, -0.1) is 23.7 Å². The van der Waals surface area contributed by atoms with E-state index >= 15 is 0 Å². The maximum absolute atomic E-state index is 12.9. The average Bonchev–Trinajstić information content (AvgIpc) is 3.08. The molecule has 25 heavy (non-hydrogen) atoms. The molecular formula is C17H21ClN4O2S. The van der Waals surface area contributed by atoms with Crippen LogP contribution in [0.2, 0.25) is 0 Å². The first-order chi connectivity index (χ1) is 11.6. The third-order valence-electron chi connectivity index (χ3n) is 4.17. The molecule has 2 aromatic rings. The molecule has 0 fully saturated rings. The number of fused-ring (bicyclic) bond motifs is 1. The van der Waals surface area contributed by atoms with Crippen LogP contribution >= 0.6 is 23.7 Å². The van der Waals surface area contributed by atoms with Crippen molar-refractivity contribution in [1.82, 2.24) is 5.32 Å². The summed E-state index contributed by atoms with van der Waals surface area (Å²) in [6.45, 7) is 0.656. The first kappa shape index (κ1) is 19.1. The van der Waals surface area contributed by atoms with Gasteiger partial charge in [0.05, 0.1) is 12.5 Å². The number of nitrogens with two attached hydrogens (primary N) is 2. The zero-order valence-corrected chi connectivity index (χ0v) is 15.2.